The summed E-state index contributed by atoms with van der Waals surface area (Å²) in [5, 5.41) is 0. The molecule has 0 radical (unpaired) electrons. The van der Waals surface area contributed by atoms with E-state index in [1.165, 1.54) is 68.4 Å². The molecule has 2 nitrogen and oxygen atoms in total. The highest BCUT2D eigenvalue weighted by Crippen LogP contribution is 2.38. The molecule has 2 aromatic rings. The Balaban J connectivity index is 0.000000427. The Labute approximate surface area is 218 Å². The maximum absolute atomic E-state index is 3.89. The summed E-state index contributed by atoms with van der Waals surface area (Å²) < 4.78 is 0. The Morgan fingerprint density at radius 2 is 1.29 bits per heavy atom. The molecule has 0 spiro atoms. The number of likely N-dealkylation sites (tertiary alicyclic amines) is 2. The largest absolute Gasteiger partial charge is 0.378 e. The normalized spacial score (nSPS) is 16.5. The lowest BCUT2D eigenvalue weighted by Crippen LogP contribution is -2.38. The average molecular weight is 479 g/mol. The van der Waals surface area contributed by atoms with Crippen molar-refractivity contribution in [2.24, 2.45) is 5.92 Å². The molecule has 0 aromatic heterocycles. The topological polar surface area (TPSA) is 6.48 Å². The van der Waals surface area contributed by atoms with Crippen molar-refractivity contribution in [3.05, 3.63) is 72.9 Å². The Kier molecular flexibility index (Phi) is 15.4. The zero-order chi connectivity index (χ0) is 26.1. The van der Waals surface area contributed by atoms with Gasteiger partial charge in [0.15, 0.2) is 0 Å². The molecule has 196 valence electrons. The molecule has 2 aromatic carbocycles. The molecule has 0 aliphatic carbocycles. The molecule has 0 amide bonds. The fraction of sp³-hybridized carbons (Fsp3) is 0.576. The van der Waals surface area contributed by atoms with Crippen molar-refractivity contribution in [1.29, 1.82) is 0 Å². The number of benzene rings is 2. The molecular formula is C33H54N2. The van der Waals surface area contributed by atoms with Crippen LogP contribution in [0.3, 0.4) is 0 Å². The summed E-state index contributed by atoms with van der Waals surface area (Å²) in [6.45, 7) is 25.2. The SMILES string of the molecule is C=CN1CCC(C(C)(C)c2ccc(-c3ccccc3)cc2)CC1.CC.CC.CCN1CCCCC1. The molecule has 2 heterocycles. The van der Waals surface area contributed by atoms with Crippen LogP contribution in [0, 0.1) is 5.92 Å². The number of nitrogens with zero attached hydrogens (tertiary/aromatic N) is 2. The first-order valence-electron chi connectivity index (χ1n) is 14.3. The van der Waals surface area contributed by atoms with E-state index in [1.54, 1.807) is 0 Å². The molecule has 2 saturated heterocycles. The number of hydrogen-bond donors (Lipinski definition) is 0. The van der Waals surface area contributed by atoms with Crippen LogP contribution in [0.2, 0.25) is 0 Å². The number of rotatable bonds is 5. The van der Waals surface area contributed by atoms with Crippen LogP contribution >= 0.6 is 0 Å². The number of piperidine rings is 2. The van der Waals surface area contributed by atoms with Crippen LogP contribution in [0.5, 0.6) is 0 Å². The zero-order valence-corrected chi connectivity index (χ0v) is 24.0. The molecule has 35 heavy (non-hydrogen) atoms. The molecule has 4 rings (SSSR count). The summed E-state index contributed by atoms with van der Waals surface area (Å²) in [4.78, 5) is 4.86. The van der Waals surface area contributed by atoms with E-state index < -0.39 is 0 Å². The summed E-state index contributed by atoms with van der Waals surface area (Å²) in [7, 11) is 0. The van der Waals surface area contributed by atoms with Crippen molar-refractivity contribution < 1.29 is 0 Å². The van der Waals surface area contributed by atoms with Crippen molar-refractivity contribution in [2.45, 2.75) is 86.0 Å². The van der Waals surface area contributed by atoms with E-state index in [1.807, 2.05) is 33.9 Å². The molecule has 2 aliphatic heterocycles. The van der Waals surface area contributed by atoms with Crippen LogP contribution in [0.15, 0.2) is 67.4 Å². The van der Waals surface area contributed by atoms with Gasteiger partial charge in [0, 0.05) is 13.1 Å². The van der Waals surface area contributed by atoms with E-state index in [9.17, 15) is 0 Å². The molecule has 2 heteroatoms. The summed E-state index contributed by atoms with van der Waals surface area (Å²) in [6, 6.07) is 19.8. The highest BCUT2D eigenvalue weighted by Gasteiger charge is 2.33. The molecule has 0 saturated carbocycles. The van der Waals surface area contributed by atoms with Crippen LogP contribution in [0.1, 0.15) is 86.1 Å². The second-order valence-corrected chi connectivity index (χ2v) is 9.65. The first-order valence-corrected chi connectivity index (χ1v) is 14.3. The van der Waals surface area contributed by atoms with E-state index in [4.69, 9.17) is 0 Å². The Hall–Kier alpha value is -2.06. The van der Waals surface area contributed by atoms with E-state index in [2.05, 4.69) is 91.7 Å². The van der Waals surface area contributed by atoms with Gasteiger partial charge >= 0.3 is 0 Å². The Morgan fingerprint density at radius 1 is 0.771 bits per heavy atom. The van der Waals surface area contributed by atoms with Crippen LogP contribution in [0.4, 0.5) is 0 Å². The van der Waals surface area contributed by atoms with Gasteiger partial charge in [-0.25, -0.2) is 0 Å². The zero-order valence-electron chi connectivity index (χ0n) is 24.0. The van der Waals surface area contributed by atoms with Crippen molar-refractivity contribution in [3.8, 4) is 11.1 Å². The molecular weight excluding hydrogens is 424 g/mol. The predicted octanol–water partition coefficient (Wildman–Crippen LogP) is 9.03. The predicted molar refractivity (Wildman–Crippen MR) is 158 cm³/mol. The van der Waals surface area contributed by atoms with Gasteiger partial charge in [-0.2, -0.15) is 0 Å². The van der Waals surface area contributed by atoms with Gasteiger partial charge in [-0.05, 0) is 79.5 Å². The van der Waals surface area contributed by atoms with Gasteiger partial charge in [-0.15, -0.1) is 0 Å². The van der Waals surface area contributed by atoms with E-state index in [-0.39, 0.29) is 5.41 Å². The highest BCUT2D eigenvalue weighted by molar-refractivity contribution is 5.63. The lowest BCUT2D eigenvalue weighted by molar-refractivity contribution is 0.178. The van der Waals surface area contributed by atoms with Crippen molar-refractivity contribution in [2.75, 3.05) is 32.7 Å². The Morgan fingerprint density at radius 3 is 1.74 bits per heavy atom. The molecule has 0 N–H and O–H groups in total. The molecule has 2 aliphatic rings. The van der Waals surface area contributed by atoms with Crippen LogP contribution < -0.4 is 0 Å². The monoisotopic (exact) mass is 478 g/mol. The smallest absolute Gasteiger partial charge is 0.0175 e. The Bertz CT molecular complexity index is 765. The lowest BCUT2D eigenvalue weighted by atomic mass is 9.69. The van der Waals surface area contributed by atoms with Gasteiger partial charge < -0.3 is 9.80 Å². The van der Waals surface area contributed by atoms with Crippen LogP contribution in [0.25, 0.3) is 11.1 Å². The third-order valence-corrected chi connectivity index (χ3v) is 7.44. The van der Waals surface area contributed by atoms with Crippen molar-refractivity contribution in [3.63, 3.8) is 0 Å². The summed E-state index contributed by atoms with van der Waals surface area (Å²) >= 11 is 0. The maximum Gasteiger partial charge on any atom is 0.0175 e. The molecule has 0 bridgehead atoms. The van der Waals surface area contributed by atoms with Crippen molar-refractivity contribution in [1.82, 2.24) is 9.80 Å². The highest BCUT2D eigenvalue weighted by atomic mass is 15.1. The van der Waals surface area contributed by atoms with Gasteiger partial charge in [0.1, 0.15) is 0 Å². The summed E-state index contributed by atoms with van der Waals surface area (Å²) in [6.07, 6.45) is 8.79. The van der Waals surface area contributed by atoms with Crippen LogP contribution in [-0.4, -0.2) is 42.5 Å². The minimum atomic E-state index is 0.225. The fourth-order valence-electron chi connectivity index (χ4n) is 5.04. The van der Waals surface area contributed by atoms with Gasteiger partial charge in [0.05, 0.1) is 0 Å². The van der Waals surface area contributed by atoms with Gasteiger partial charge in [-0.3, -0.25) is 0 Å². The first-order chi connectivity index (χ1) is 17.0. The minimum absolute atomic E-state index is 0.225. The lowest BCUT2D eigenvalue weighted by Gasteiger charge is -2.41. The fourth-order valence-corrected chi connectivity index (χ4v) is 5.04. The molecule has 2 fully saturated rings. The maximum atomic E-state index is 3.89. The minimum Gasteiger partial charge on any atom is -0.378 e. The van der Waals surface area contributed by atoms with E-state index in [0.717, 1.165) is 19.0 Å². The van der Waals surface area contributed by atoms with E-state index >= 15 is 0 Å². The van der Waals surface area contributed by atoms with Crippen LogP contribution in [-0.2, 0) is 5.41 Å². The summed E-state index contributed by atoms with van der Waals surface area (Å²) in [5.74, 6) is 0.737. The second-order valence-electron chi connectivity index (χ2n) is 9.65. The first kappa shape index (κ1) is 31.0. The average Bonchev–Trinajstić information content (AvgIpc) is 2.96. The van der Waals surface area contributed by atoms with Gasteiger partial charge in [-0.1, -0.05) is 116 Å². The second kappa shape index (κ2) is 17.4. The van der Waals surface area contributed by atoms with Gasteiger partial charge in [0.25, 0.3) is 0 Å². The third kappa shape index (κ3) is 9.84. The molecule has 0 atom stereocenters. The summed E-state index contributed by atoms with van der Waals surface area (Å²) in [5.41, 5.74) is 4.26. The third-order valence-electron chi connectivity index (χ3n) is 7.44. The standard InChI is InChI=1S/C22H27N.C7H15N.2C2H6/c1-4-23-16-14-21(15-17-23)22(2,3)20-12-10-19(11-13-20)18-8-6-5-7-9-18;1-2-8-6-4-3-5-7-8;2*1-2/h4-13,21H,1,14-17H2,2-3H3;2-7H2,1H3;2*1-2H3. The van der Waals surface area contributed by atoms with E-state index in [0.29, 0.717) is 0 Å². The van der Waals surface area contributed by atoms with Crippen molar-refractivity contribution >= 4 is 0 Å². The van der Waals surface area contributed by atoms with Gasteiger partial charge in [0.2, 0.25) is 0 Å². The molecule has 0 unspecified atom stereocenters. The number of hydrogen-bond acceptors (Lipinski definition) is 2. The quantitative estimate of drug-likeness (QED) is 0.423.